The van der Waals surface area contributed by atoms with Crippen LogP contribution in [0.3, 0.4) is 0 Å². The maximum atomic E-state index is 11.0. The molecule has 0 saturated heterocycles. The van der Waals surface area contributed by atoms with Gasteiger partial charge in [0.1, 0.15) is 5.75 Å². The van der Waals surface area contributed by atoms with Gasteiger partial charge in [0.2, 0.25) is 0 Å². The summed E-state index contributed by atoms with van der Waals surface area (Å²) >= 11 is 6.11. The van der Waals surface area contributed by atoms with Crippen molar-refractivity contribution in [3.8, 4) is 5.75 Å². The highest BCUT2D eigenvalue weighted by atomic mass is 35.5. The number of fused-ring (bicyclic) bond motifs is 2. The second-order valence-electron chi connectivity index (χ2n) is 5.48. The first kappa shape index (κ1) is 18.0. The number of hydrogen-bond donors (Lipinski definition) is 2. The normalized spacial score (nSPS) is 10.7. The van der Waals surface area contributed by atoms with Crippen LogP contribution >= 0.6 is 11.6 Å². The fourth-order valence-corrected chi connectivity index (χ4v) is 2.78. The van der Waals surface area contributed by atoms with Crippen LogP contribution in [0.15, 0.2) is 49.1 Å². The van der Waals surface area contributed by atoms with Crippen LogP contribution < -0.4 is 15.5 Å². The predicted octanol–water partition coefficient (Wildman–Crippen LogP) is 3.70. The zero-order chi connectivity index (χ0) is 18.5. The molecule has 3 aromatic rings. The van der Waals surface area contributed by atoms with Gasteiger partial charge in [0.05, 0.1) is 23.8 Å². The zero-order valence-corrected chi connectivity index (χ0v) is 15.0. The summed E-state index contributed by atoms with van der Waals surface area (Å²) in [7, 11) is 1.63. The monoisotopic (exact) mass is 371 g/mol. The highest BCUT2D eigenvalue weighted by Crippen LogP contribution is 2.33. The van der Waals surface area contributed by atoms with Gasteiger partial charge in [-0.1, -0.05) is 18.2 Å². The number of ether oxygens (including phenoxy) is 1. The van der Waals surface area contributed by atoms with E-state index >= 15 is 0 Å². The molecule has 0 radical (unpaired) electrons. The third kappa shape index (κ3) is 3.87. The first-order valence-electron chi connectivity index (χ1n) is 7.99. The first-order chi connectivity index (χ1) is 12.6. The molecule has 0 amide bonds. The largest absolute Gasteiger partial charge is 0.497 e. The van der Waals surface area contributed by atoms with E-state index in [1.807, 2.05) is 36.4 Å². The molecule has 0 spiro atoms. The number of pyridine rings is 1. The lowest BCUT2D eigenvalue weighted by Crippen LogP contribution is -2.25. The fraction of sp³-hybridized carbons (Fsp3) is 0.158. The maximum absolute atomic E-state index is 11.0. The summed E-state index contributed by atoms with van der Waals surface area (Å²) in [5.74, 6) is 0.220. The van der Waals surface area contributed by atoms with Crippen molar-refractivity contribution in [2.45, 2.75) is 0 Å². The number of carbonyl (C=O) groups is 1. The lowest BCUT2D eigenvalue weighted by atomic mass is 10.1. The molecule has 0 bridgehead atoms. The van der Waals surface area contributed by atoms with E-state index in [9.17, 15) is 4.79 Å². The average Bonchev–Trinajstić information content (AvgIpc) is 2.66. The highest BCUT2D eigenvalue weighted by Gasteiger charge is 2.10. The average molecular weight is 372 g/mol. The number of nitrogens with one attached hydrogen (secondary N) is 2. The van der Waals surface area contributed by atoms with E-state index in [4.69, 9.17) is 21.2 Å². The molecule has 0 atom stereocenters. The molecule has 3 rings (SSSR count). The number of aromatic nitrogens is 1. The first-order valence-corrected chi connectivity index (χ1v) is 8.37. The Morgan fingerprint density at radius 3 is 2.81 bits per heavy atom. The molecule has 26 heavy (non-hydrogen) atoms. The van der Waals surface area contributed by atoms with Crippen molar-refractivity contribution in [3.63, 3.8) is 0 Å². The van der Waals surface area contributed by atoms with Gasteiger partial charge >= 0.3 is 5.97 Å². The van der Waals surface area contributed by atoms with Gasteiger partial charge in [0.15, 0.2) is 0 Å². The summed E-state index contributed by atoms with van der Waals surface area (Å²) in [6.45, 7) is 4.28. The molecular formula is C19H18ClN3O3. The van der Waals surface area contributed by atoms with Gasteiger partial charge in [-0.25, -0.2) is 9.78 Å². The van der Waals surface area contributed by atoms with Crippen LogP contribution in [-0.2, 0) is 9.63 Å². The lowest BCUT2D eigenvalue weighted by Gasteiger charge is -2.14. The summed E-state index contributed by atoms with van der Waals surface area (Å²) in [6, 6.07) is 11.3. The lowest BCUT2D eigenvalue weighted by molar-refractivity contribution is -0.144. The smallest absolute Gasteiger partial charge is 0.348 e. The number of rotatable bonds is 7. The number of benzene rings is 2. The molecule has 0 aliphatic heterocycles. The van der Waals surface area contributed by atoms with Crippen LogP contribution in [-0.4, -0.2) is 31.2 Å². The van der Waals surface area contributed by atoms with Crippen molar-refractivity contribution < 1.29 is 14.4 Å². The third-order valence-corrected chi connectivity index (χ3v) is 4.05. The number of anilines is 1. The van der Waals surface area contributed by atoms with Gasteiger partial charge in [0.25, 0.3) is 0 Å². The fourth-order valence-electron chi connectivity index (χ4n) is 2.62. The molecular weight excluding hydrogens is 354 g/mol. The minimum absolute atomic E-state index is 0.419. The summed E-state index contributed by atoms with van der Waals surface area (Å²) < 4.78 is 5.33. The Kier molecular flexibility index (Phi) is 5.55. The summed E-state index contributed by atoms with van der Waals surface area (Å²) in [5, 5.41) is 5.88. The van der Waals surface area contributed by atoms with Gasteiger partial charge in [-0.3, -0.25) is 0 Å². The molecule has 1 aromatic heterocycles. The number of halogens is 1. The van der Waals surface area contributed by atoms with Crippen molar-refractivity contribution in [1.29, 1.82) is 0 Å². The van der Waals surface area contributed by atoms with Crippen molar-refractivity contribution >= 4 is 45.1 Å². The standard InChI is InChI=1S/C19H18ClN3O3/c1-3-18(24)26-22-9-8-21-19-14-6-4-12(20)10-17(14)23-16-7-5-13(25-2)11-15(16)19/h3-7,10-11,22H,1,8-9H2,2H3,(H,21,23). The molecule has 1 heterocycles. The van der Waals surface area contributed by atoms with Gasteiger partial charge in [-0.05, 0) is 36.4 Å². The molecule has 0 aliphatic rings. The highest BCUT2D eigenvalue weighted by molar-refractivity contribution is 6.31. The number of hydrogen-bond acceptors (Lipinski definition) is 6. The van der Waals surface area contributed by atoms with Gasteiger partial charge < -0.3 is 14.9 Å². The van der Waals surface area contributed by atoms with E-state index in [-0.39, 0.29) is 0 Å². The molecule has 0 saturated carbocycles. The minimum Gasteiger partial charge on any atom is -0.497 e. The van der Waals surface area contributed by atoms with E-state index in [1.165, 1.54) is 0 Å². The van der Waals surface area contributed by atoms with Crippen LogP contribution in [0.5, 0.6) is 5.75 Å². The topological polar surface area (TPSA) is 72.5 Å². The second-order valence-corrected chi connectivity index (χ2v) is 5.91. The second kappa shape index (κ2) is 8.03. The minimum atomic E-state index is -0.524. The number of nitrogens with zero attached hydrogens (tertiary/aromatic N) is 1. The molecule has 6 nitrogen and oxygen atoms in total. The van der Waals surface area contributed by atoms with E-state index in [0.717, 1.165) is 39.3 Å². The van der Waals surface area contributed by atoms with E-state index in [0.29, 0.717) is 18.1 Å². The van der Waals surface area contributed by atoms with Crippen molar-refractivity contribution in [2.75, 3.05) is 25.5 Å². The summed E-state index contributed by atoms with van der Waals surface area (Å²) in [4.78, 5) is 20.5. The van der Waals surface area contributed by atoms with E-state index < -0.39 is 5.97 Å². The Hall–Kier alpha value is -2.83. The maximum Gasteiger partial charge on any atom is 0.348 e. The van der Waals surface area contributed by atoms with Crippen LogP contribution in [0.4, 0.5) is 5.69 Å². The number of methoxy groups -OCH3 is 1. The van der Waals surface area contributed by atoms with Gasteiger partial charge in [-0.2, -0.15) is 5.48 Å². The van der Waals surface area contributed by atoms with Crippen molar-refractivity contribution in [1.82, 2.24) is 10.5 Å². The van der Waals surface area contributed by atoms with E-state index in [1.54, 1.807) is 7.11 Å². The molecule has 0 aliphatic carbocycles. The zero-order valence-electron chi connectivity index (χ0n) is 14.2. The summed E-state index contributed by atoms with van der Waals surface area (Å²) in [6.07, 6.45) is 1.10. The molecule has 0 fully saturated rings. The van der Waals surface area contributed by atoms with Crippen molar-refractivity contribution in [3.05, 3.63) is 54.1 Å². The van der Waals surface area contributed by atoms with Crippen molar-refractivity contribution in [2.24, 2.45) is 0 Å². The van der Waals surface area contributed by atoms with Crippen LogP contribution in [0, 0.1) is 0 Å². The Morgan fingerprint density at radius 2 is 2.04 bits per heavy atom. The van der Waals surface area contributed by atoms with Gasteiger partial charge in [-0.15, -0.1) is 0 Å². The summed E-state index contributed by atoms with van der Waals surface area (Å²) in [5.41, 5.74) is 5.13. The number of hydroxylamine groups is 1. The van der Waals surface area contributed by atoms with Gasteiger partial charge in [0, 0.05) is 35.0 Å². The predicted molar refractivity (Wildman–Crippen MR) is 104 cm³/mol. The van der Waals surface area contributed by atoms with E-state index in [2.05, 4.69) is 22.4 Å². The molecule has 2 N–H and O–H groups in total. The Bertz CT molecular complexity index is 975. The Labute approximate surface area is 155 Å². The third-order valence-electron chi connectivity index (χ3n) is 3.81. The van der Waals surface area contributed by atoms with Crippen LogP contribution in [0.1, 0.15) is 0 Å². The molecule has 7 heteroatoms. The quantitative estimate of drug-likeness (QED) is 0.285. The Morgan fingerprint density at radius 1 is 1.19 bits per heavy atom. The SMILES string of the molecule is C=CC(=O)ONCCNc1c2ccc(Cl)cc2nc2ccc(OC)cc12. The molecule has 2 aromatic carbocycles. The van der Waals surface area contributed by atoms with Crippen LogP contribution in [0.25, 0.3) is 21.8 Å². The van der Waals surface area contributed by atoms with Crippen LogP contribution in [0.2, 0.25) is 5.02 Å². The number of carbonyl (C=O) groups excluding carboxylic acids is 1. The molecule has 0 unspecified atom stereocenters. The Balaban J connectivity index is 1.93. The molecule has 134 valence electrons.